The van der Waals surface area contributed by atoms with Crippen molar-refractivity contribution in [1.29, 1.82) is 0 Å². The molecule has 0 fully saturated rings. The van der Waals surface area contributed by atoms with Crippen molar-refractivity contribution in [2.75, 3.05) is 42.2 Å². The molecule has 0 aliphatic heterocycles. The SMILES string of the molecule is CC.CC.CCS(C)(C)c1ccc(N(C)c2ccccc2)c(C)c1N(C)c1ccccc1. The van der Waals surface area contributed by atoms with Crippen molar-refractivity contribution < 1.29 is 0 Å². The van der Waals surface area contributed by atoms with E-state index >= 15 is 0 Å². The van der Waals surface area contributed by atoms with Gasteiger partial charge in [0, 0.05) is 36.1 Å². The number of hydrogen-bond donors (Lipinski definition) is 0. The van der Waals surface area contributed by atoms with Gasteiger partial charge < -0.3 is 9.80 Å². The molecule has 3 rings (SSSR count). The summed E-state index contributed by atoms with van der Waals surface area (Å²) < 4.78 is 0. The average molecular weight is 453 g/mol. The third-order valence-corrected chi connectivity index (χ3v) is 8.63. The summed E-state index contributed by atoms with van der Waals surface area (Å²) in [5.74, 6) is 1.18. The van der Waals surface area contributed by atoms with Gasteiger partial charge in [0.1, 0.15) is 0 Å². The highest BCUT2D eigenvalue weighted by molar-refractivity contribution is 8.32. The largest absolute Gasteiger partial charge is 0.344 e. The summed E-state index contributed by atoms with van der Waals surface area (Å²) in [7, 11) is 3.48. The van der Waals surface area contributed by atoms with E-state index < -0.39 is 10.0 Å². The average Bonchev–Trinajstić information content (AvgIpc) is 2.86. The fraction of sp³-hybridized carbons (Fsp3) is 0.379. The fourth-order valence-electron chi connectivity index (χ4n) is 3.62. The van der Waals surface area contributed by atoms with Gasteiger partial charge in [-0.2, -0.15) is 0 Å². The molecule has 2 nitrogen and oxygen atoms in total. The van der Waals surface area contributed by atoms with Crippen LogP contribution in [-0.2, 0) is 0 Å². The van der Waals surface area contributed by atoms with Crippen LogP contribution in [0.2, 0.25) is 0 Å². The summed E-state index contributed by atoms with van der Waals surface area (Å²) in [5.41, 5.74) is 6.34. The molecule has 0 radical (unpaired) electrons. The third kappa shape index (κ3) is 6.32. The van der Waals surface area contributed by atoms with E-state index in [1.165, 1.54) is 39.0 Å². The van der Waals surface area contributed by atoms with Crippen molar-refractivity contribution >= 4 is 32.8 Å². The maximum absolute atomic E-state index is 2.42. The fourth-order valence-corrected chi connectivity index (χ4v) is 5.18. The lowest BCUT2D eigenvalue weighted by Crippen LogP contribution is -2.18. The second-order valence-electron chi connectivity index (χ2n) is 7.67. The Hall–Kier alpha value is -2.39. The van der Waals surface area contributed by atoms with Crippen molar-refractivity contribution in [3.8, 4) is 0 Å². The second-order valence-corrected chi connectivity index (χ2v) is 11.8. The Morgan fingerprint density at radius 1 is 0.656 bits per heavy atom. The van der Waals surface area contributed by atoms with Crippen LogP contribution in [0.3, 0.4) is 0 Å². The van der Waals surface area contributed by atoms with Crippen LogP contribution in [0, 0.1) is 6.92 Å². The van der Waals surface area contributed by atoms with Gasteiger partial charge in [-0.1, -0.05) is 71.0 Å². The smallest absolute Gasteiger partial charge is 0.0581 e. The standard InChI is InChI=1S/C25H32N2S.2C2H6/c1-7-28(5,6)24-19-18-23(26(3)21-14-10-8-11-15-21)20(2)25(24)27(4)22-16-12-9-13-17-22;2*1-2/h8-19H,7H2,1-6H3;2*1-2H3. The molecule has 0 N–H and O–H groups in total. The van der Waals surface area contributed by atoms with Crippen LogP contribution < -0.4 is 9.80 Å². The Morgan fingerprint density at radius 2 is 1.09 bits per heavy atom. The quantitative estimate of drug-likeness (QED) is 0.368. The van der Waals surface area contributed by atoms with Gasteiger partial charge in [0.25, 0.3) is 0 Å². The predicted molar refractivity (Wildman–Crippen MR) is 151 cm³/mol. The Kier molecular flexibility index (Phi) is 11.4. The van der Waals surface area contributed by atoms with Gasteiger partial charge in [-0.15, -0.1) is 0 Å². The molecule has 0 saturated heterocycles. The van der Waals surface area contributed by atoms with E-state index in [9.17, 15) is 0 Å². The van der Waals surface area contributed by atoms with Crippen molar-refractivity contribution in [1.82, 2.24) is 0 Å². The van der Waals surface area contributed by atoms with E-state index in [4.69, 9.17) is 0 Å². The lowest BCUT2D eigenvalue weighted by molar-refractivity contribution is 1.11. The van der Waals surface area contributed by atoms with Gasteiger partial charge in [-0.25, -0.2) is 10.0 Å². The van der Waals surface area contributed by atoms with Gasteiger partial charge in [0.05, 0.1) is 5.69 Å². The third-order valence-electron chi connectivity index (χ3n) is 5.67. The molecule has 0 amide bonds. The Labute approximate surface area is 199 Å². The zero-order valence-electron chi connectivity index (χ0n) is 21.9. The number of nitrogens with zero attached hydrogens (tertiary/aromatic N) is 2. The zero-order valence-corrected chi connectivity index (χ0v) is 22.8. The maximum atomic E-state index is 2.42. The minimum Gasteiger partial charge on any atom is -0.344 e. The summed E-state index contributed by atoms with van der Waals surface area (Å²) >= 11 is 0. The summed E-state index contributed by atoms with van der Waals surface area (Å²) in [6.07, 6.45) is 4.84. The van der Waals surface area contributed by atoms with Crippen LogP contribution in [0.15, 0.2) is 77.7 Å². The highest BCUT2D eigenvalue weighted by Crippen LogP contribution is 2.55. The molecule has 0 aromatic heterocycles. The molecule has 0 atom stereocenters. The van der Waals surface area contributed by atoms with Crippen molar-refractivity contribution in [2.45, 2.75) is 46.4 Å². The van der Waals surface area contributed by atoms with Crippen molar-refractivity contribution in [3.05, 3.63) is 78.4 Å². The van der Waals surface area contributed by atoms with Gasteiger partial charge in [0.15, 0.2) is 0 Å². The minimum atomic E-state index is -0.872. The molecule has 32 heavy (non-hydrogen) atoms. The summed E-state index contributed by atoms with van der Waals surface area (Å²) in [6, 6.07) is 25.9. The summed E-state index contributed by atoms with van der Waals surface area (Å²) in [4.78, 5) is 6.12. The van der Waals surface area contributed by atoms with Crippen LogP contribution in [-0.4, -0.2) is 32.4 Å². The molecule has 0 unspecified atom stereocenters. The van der Waals surface area contributed by atoms with E-state index in [0.717, 1.165) is 0 Å². The lowest BCUT2D eigenvalue weighted by atomic mass is 10.1. The van der Waals surface area contributed by atoms with Crippen LogP contribution in [0.4, 0.5) is 22.7 Å². The van der Waals surface area contributed by atoms with Crippen LogP contribution >= 0.6 is 10.0 Å². The molecule has 0 aliphatic rings. The Bertz CT molecular complexity index is 921. The molecule has 0 heterocycles. The normalized spacial score (nSPS) is 10.8. The van der Waals surface area contributed by atoms with E-state index in [2.05, 4.69) is 123 Å². The van der Waals surface area contributed by atoms with Gasteiger partial charge in [-0.3, -0.25) is 0 Å². The molecular formula is C29H44N2S. The highest BCUT2D eigenvalue weighted by Gasteiger charge is 2.24. The van der Waals surface area contributed by atoms with Crippen molar-refractivity contribution in [3.63, 3.8) is 0 Å². The molecule has 0 spiro atoms. The summed E-state index contributed by atoms with van der Waals surface area (Å²) in [6.45, 7) is 12.6. The van der Waals surface area contributed by atoms with Gasteiger partial charge >= 0.3 is 0 Å². The molecule has 3 aromatic carbocycles. The first kappa shape index (κ1) is 27.6. The highest BCUT2D eigenvalue weighted by atomic mass is 32.3. The number of anilines is 4. The van der Waals surface area contributed by atoms with E-state index in [0.29, 0.717) is 0 Å². The minimum absolute atomic E-state index is 0.872. The van der Waals surface area contributed by atoms with Crippen LogP contribution in [0.5, 0.6) is 0 Å². The number of para-hydroxylation sites is 2. The van der Waals surface area contributed by atoms with Crippen molar-refractivity contribution in [2.24, 2.45) is 0 Å². The molecule has 0 saturated carbocycles. The Morgan fingerprint density at radius 3 is 1.53 bits per heavy atom. The predicted octanol–water partition coefficient (Wildman–Crippen LogP) is 9.03. The molecule has 3 aromatic rings. The molecular weight excluding hydrogens is 408 g/mol. The van der Waals surface area contributed by atoms with Gasteiger partial charge in [0.2, 0.25) is 0 Å². The van der Waals surface area contributed by atoms with E-state index in [-0.39, 0.29) is 0 Å². The first-order valence-corrected chi connectivity index (χ1v) is 14.4. The lowest BCUT2D eigenvalue weighted by Gasteiger charge is -2.37. The molecule has 0 aliphatic carbocycles. The summed E-state index contributed by atoms with van der Waals surface area (Å²) in [5, 5.41) is 0. The maximum Gasteiger partial charge on any atom is 0.0581 e. The second kappa shape index (κ2) is 13.2. The molecule has 0 bridgehead atoms. The Balaban J connectivity index is 0.00000121. The first-order chi connectivity index (χ1) is 15.4. The van der Waals surface area contributed by atoms with E-state index in [1.54, 1.807) is 0 Å². The van der Waals surface area contributed by atoms with Gasteiger partial charge in [-0.05, 0) is 67.1 Å². The monoisotopic (exact) mass is 452 g/mol. The van der Waals surface area contributed by atoms with Crippen LogP contribution in [0.25, 0.3) is 0 Å². The molecule has 176 valence electrons. The number of rotatable bonds is 6. The number of benzene rings is 3. The zero-order chi connectivity index (χ0) is 24.3. The first-order valence-electron chi connectivity index (χ1n) is 11.8. The van der Waals surface area contributed by atoms with Crippen LogP contribution in [0.1, 0.15) is 40.2 Å². The number of hydrogen-bond acceptors (Lipinski definition) is 2. The molecule has 3 heteroatoms. The topological polar surface area (TPSA) is 6.48 Å². The van der Waals surface area contributed by atoms with E-state index in [1.807, 2.05) is 27.7 Å².